The first kappa shape index (κ1) is 14.0. The average Bonchev–Trinajstić information content (AvgIpc) is 2.59. The molecule has 102 valence electrons. The van der Waals surface area contributed by atoms with Crippen LogP contribution in [0.1, 0.15) is 55.6 Å². The van der Waals surface area contributed by atoms with Gasteiger partial charge in [0.25, 0.3) is 0 Å². The summed E-state index contributed by atoms with van der Waals surface area (Å²) in [7, 11) is 2.10. The quantitative estimate of drug-likeness (QED) is 0.874. The molecule has 0 bridgehead atoms. The van der Waals surface area contributed by atoms with Crippen molar-refractivity contribution in [1.29, 1.82) is 0 Å². The van der Waals surface area contributed by atoms with Gasteiger partial charge in [-0.3, -0.25) is 0 Å². The van der Waals surface area contributed by atoms with E-state index < -0.39 is 0 Å². The predicted octanol–water partition coefficient (Wildman–Crippen LogP) is 4.02. The van der Waals surface area contributed by atoms with Crippen LogP contribution in [0, 0.1) is 25.2 Å². The Balaban J connectivity index is 2.37. The molecule has 2 rings (SSSR count). The first-order valence-electron chi connectivity index (χ1n) is 6.94. The molecule has 2 nitrogen and oxygen atoms in total. The van der Waals surface area contributed by atoms with Gasteiger partial charge in [-0.25, -0.2) is 4.98 Å². The average molecular weight is 266 g/mol. The molecule has 1 N–H and O–H groups in total. The van der Waals surface area contributed by atoms with E-state index in [0.29, 0.717) is 11.3 Å². The maximum Gasteiger partial charge on any atom is 0.113 e. The molecular weight excluding hydrogens is 240 g/mol. The Labute approximate surface area is 115 Å². The lowest BCUT2D eigenvalue weighted by atomic mass is 9.64. The fourth-order valence-corrected chi connectivity index (χ4v) is 4.60. The van der Waals surface area contributed by atoms with Gasteiger partial charge in [0, 0.05) is 4.88 Å². The molecule has 1 aliphatic carbocycles. The van der Waals surface area contributed by atoms with Crippen LogP contribution < -0.4 is 5.32 Å². The highest BCUT2D eigenvalue weighted by Crippen LogP contribution is 2.49. The molecule has 0 aliphatic heterocycles. The summed E-state index contributed by atoms with van der Waals surface area (Å²) >= 11 is 1.87. The smallest absolute Gasteiger partial charge is 0.113 e. The normalized spacial score (nSPS) is 31.6. The Hall–Kier alpha value is -0.410. The van der Waals surface area contributed by atoms with E-state index in [-0.39, 0.29) is 5.54 Å². The molecule has 0 spiro atoms. The van der Waals surface area contributed by atoms with Gasteiger partial charge in [-0.05, 0) is 51.5 Å². The molecule has 1 aliphatic rings. The van der Waals surface area contributed by atoms with E-state index in [4.69, 9.17) is 4.98 Å². The Morgan fingerprint density at radius 2 is 1.94 bits per heavy atom. The van der Waals surface area contributed by atoms with Crippen molar-refractivity contribution in [3.63, 3.8) is 0 Å². The summed E-state index contributed by atoms with van der Waals surface area (Å²) in [6, 6.07) is 0. The van der Waals surface area contributed by atoms with Crippen LogP contribution >= 0.6 is 11.3 Å². The summed E-state index contributed by atoms with van der Waals surface area (Å²) in [5, 5.41) is 4.90. The van der Waals surface area contributed by atoms with Crippen molar-refractivity contribution in [2.45, 2.75) is 59.4 Å². The van der Waals surface area contributed by atoms with E-state index in [2.05, 4.69) is 47.0 Å². The van der Waals surface area contributed by atoms with Crippen LogP contribution in [0.4, 0.5) is 0 Å². The maximum absolute atomic E-state index is 4.83. The second kappa shape index (κ2) is 4.61. The molecule has 1 heterocycles. The number of aryl methyl sites for hydroxylation is 2. The van der Waals surface area contributed by atoms with E-state index >= 15 is 0 Å². The van der Waals surface area contributed by atoms with Crippen molar-refractivity contribution < 1.29 is 0 Å². The molecule has 1 aromatic heterocycles. The van der Waals surface area contributed by atoms with Gasteiger partial charge in [-0.1, -0.05) is 20.8 Å². The Morgan fingerprint density at radius 1 is 1.28 bits per heavy atom. The van der Waals surface area contributed by atoms with Gasteiger partial charge in [0.1, 0.15) is 5.01 Å². The van der Waals surface area contributed by atoms with Crippen molar-refractivity contribution in [2.24, 2.45) is 11.3 Å². The van der Waals surface area contributed by atoms with E-state index in [9.17, 15) is 0 Å². The van der Waals surface area contributed by atoms with Crippen LogP contribution in [-0.2, 0) is 5.54 Å². The maximum atomic E-state index is 4.83. The highest BCUT2D eigenvalue weighted by Gasteiger charge is 2.45. The van der Waals surface area contributed by atoms with Crippen molar-refractivity contribution in [3.05, 3.63) is 15.6 Å². The summed E-state index contributed by atoms with van der Waals surface area (Å²) < 4.78 is 0. The molecule has 1 saturated carbocycles. The molecule has 0 saturated heterocycles. The Morgan fingerprint density at radius 3 is 2.39 bits per heavy atom. The number of thiazole rings is 1. The standard InChI is InChI=1S/C15H26N2S/c1-10-9-14(4,5)7-8-15(10,16-6)13-17-11(2)12(3)18-13/h10,16H,7-9H2,1-6H3. The van der Waals surface area contributed by atoms with Crippen LogP contribution in [0.25, 0.3) is 0 Å². The zero-order valence-corrected chi connectivity index (χ0v) is 13.4. The highest BCUT2D eigenvalue weighted by atomic mass is 32.1. The monoisotopic (exact) mass is 266 g/mol. The van der Waals surface area contributed by atoms with Crippen molar-refractivity contribution in [2.75, 3.05) is 7.05 Å². The van der Waals surface area contributed by atoms with Crippen LogP contribution in [0.15, 0.2) is 0 Å². The predicted molar refractivity (Wildman–Crippen MR) is 79.1 cm³/mol. The van der Waals surface area contributed by atoms with Crippen LogP contribution in [-0.4, -0.2) is 12.0 Å². The third-order valence-corrected chi connectivity index (χ3v) is 6.00. The Bertz CT molecular complexity index is 416. The number of nitrogens with zero attached hydrogens (tertiary/aromatic N) is 1. The molecule has 3 heteroatoms. The largest absolute Gasteiger partial charge is 0.308 e. The second-order valence-electron chi connectivity index (χ2n) is 6.65. The number of rotatable bonds is 2. The molecule has 1 aromatic rings. The lowest BCUT2D eigenvalue weighted by Crippen LogP contribution is -2.50. The van der Waals surface area contributed by atoms with Crippen molar-refractivity contribution in [3.8, 4) is 0 Å². The van der Waals surface area contributed by atoms with Crippen LogP contribution in [0.5, 0.6) is 0 Å². The number of nitrogens with one attached hydrogen (secondary N) is 1. The topological polar surface area (TPSA) is 24.9 Å². The van der Waals surface area contributed by atoms with E-state index in [1.807, 2.05) is 11.3 Å². The lowest BCUT2D eigenvalue weighted by Gasteiger charge is -2.47. The summed E-state index contributed by atoms with van der Waals surface area (Å²) in [6.07, 6.45) is 3.74. The SMILES string of the molecule is CNC1(c2nc(C)c(C)s2)CCC(C)(C)CC1C. The van der Waals surface area contributed by atoms with Gasteiger partial charge in [0.15, 0.2) is 0 Å². The molecule has 2 atom stereocenters. The fraction of sp³-hybridized carbons (Fsp3) is 0.800. The molecular formula is C15H26N2S. The fourth-order valence-electron chi connectivity index (χ4n) is 3.35. The number of aromatic nitrogens is 1. The molecule has 0 aromatic carbocycles. The van der Waals surface area contributed by atoms with Gasteiger partial charge in [-0.15, -0.1) is 11.3 Å². The third-order valence-electron chi connectivity index (χ3n) is 4.75. The lowest BCUT2D eigenvalue weighted by molar-refractivity contribution is 0.0775. The molecule has 2 unspecified atom stereocenters. The van der Waals surface area contributed by atoms with Crippen LogP contribution in [0.2, 0.25) is 0 Å². The summed E-state index contributed by atoms with van der Waals surface area (Å²) in [4.78, 5) is 6.19. The molecule has 0 amide bonds. The summed E-state index contributed by atoms with van der Waals surface area (Å²) in [5.41, 5.74) is 1.77. The first-order chi connectivity index (χ1) is 8.31. The third kappa shape index (κ3) is 2.23. The highest BCUT2D eigenvalue weighted by molar-refractivity contribution is 7.11. The molecule has 0 radical (unpaired) electrons. The summed E-state index contributed by atoms with van der Waals surface area (Å²) in [6.45, 7) is 11.5. The summed E-state index contributed by atoms with van der Waals surface area (Å²) in [5.74, 6) is 0.635. The van der Waals surface area contributed by atoms with Crippen molar-refractivity contribution in [1.82, 2.24) is 10.3 Å². The number of hydrogen-bond acceptors (Lipinski definition) is 3. The van der Waals surface area contributed by atoms with Gasteiger partial charge in [0.05, 0.1) is 11.2 Å². The van der Waals surface area contributed by atoms with E-state index in [1.165, 1.54) is 34.8 Å². The van der Waals surface area contributed by atoms with Gasteiger partial charge >= 0.3 is 0 Å². The van der Waals surface area contributed by atoms with Gasteiger partial charge < -0.3 is 5.32 Å². The molecule has 1 fully saturated rings. The zero-order valence-electron chi connectivity index (χ0n) is 12.6. The minimum absolute atomic E-state index is 0.0964. The van der Waals surface area contributed by atoms with E-state index in [0.717, 1.165) is 0 Å². The van der Waals surface area contributed by atoms with Crippen LogP contribution in [0.3, 0.4) is 0 Å². The second-order valence-corrected chi connectivity index (χ2v) is 7.85. The number of hydrogen-bond donors (Lipinski definition) is 1. The minimum Gasteiger partial charge on any atom is -0.308 e. The van der Waals surface area contributed by atoms with Gasteiger partial charge in [-0.2, -0.15) is 0 Å². The Kier molecular flexibility index (Phi) is 3.58. The van der Waals surface area contributed by atoms with E-state index in [1.54, 1.807) is 0 Å². The first-order valence-corrected chi connectivity index (χ1v) is 7.76. The zero-order chi connectivity index (χ0) is 13.6. The van der Waals surface area contributed by atoms with Crippen molar-refractivity contribution >= 4 is 11.3 Å². The minimum atomic E-state index is 0.0964. The van der Waals surface area contributed by atoms with Gasteiger partial charge in [0.2, 0.25) is 0 Å². The molecule has 18 heavy (non-hydrogen) atoms.